The van der Waals surface area contributed by atoms with E-state index in [0.29, 0.717) is 5.62 Å². The molecule has 0 spiro atoms. The molecule has 0 unspecified atom stereocenters. The van der Waals surface area contributed by atoms with E-state index < -0.39 is 25.9 Å². The van der Waals surface area contributed by atoms with Gasteiger partial charge < -0.3 is 5.62 Å². The summed E-state index contributed by atoms with van der Waals surface area (Å²) in [6, 6.07) is 0. The molecule has 0 saturated heterocycles. The molecule has 38 valence electrons. The van der Waals surface area contributed by atoms with Crippen molar-refractivity contribution in [3.8, 4) is 0 Å². The highest BCUT2D eigenvalue weighted by Crippen LogP contribution is 2.05. The van der Waals surface area contributed by atoms with E-state index in [1.54, 1.807) is 0 Å². The summed E-state index contributed by atoms with van der Waals surface area (Å²) >= 11 is 0. The lowest BCUT2D eigenvalue weighted by Gasteiger charge is -2.48. The molecule has 0 rings (SSSR count). The predicted molar refractivity (Wildman–Crippen MR) is 66.5 cm³/mol. The molecule has 0 aliphatic carbocycles. The van der Waals surface area contributed by atoms with Gasteiger partial charge in [0.05, 0.1) is 0 Å². The van der Waals surface area contributed by atoms with Crippen LogP contribution in [0.4, 0.5) is 0 Å². The van der Waals surface area contributed by atoms with Crippen LogP contribution in [0, 0.1) is 5.62 Å². The zero-order chi connectivity index (χ0) is 9.89. The minimum Gasteiger partial charge on any atom is -0.421 e. The van der Waals surface area contributed by atoms with Crippen LogP contribution in [0.25, 0.3) is 0 Å². The molecule has 0 aromatic carbocycles. The van der Waals surface area contributed by atoms with Crippen molar-refractivity contribution in [2.75, 3.05) is 0 Å². The molecule has 0 nitrogen and oxygen atoms in total. The third-order valence-corrected chi connectivity index (χ3v) is 1.57. The number of hydrogen-bond acceptors (Lipinski definition) is 0. The molecule has 0 aromatic heterocycles. The molecule has 11 heteroatoms. The van der Waals surface area contributed by atoms with Crippen LogP contribution >= 0.6 is 0 Å². The monoisotopic (exact) mass is 133 g/mol. The Bertz CT molecular complexity index is 108. The Morgan fingerprint density at radius 1 is 0.667 bits per heavy atom. The lowest BCUT2D eigenvalue weighted by molar-refractivity contribution is 2.23. The van der Waals surface area contributed by atoms with Crippen LogP contribution in [0.3, 0.4) is 0 Å². The Morgan fingerprint density at radius 2 is 1.00 bits per heavy atom. The Labute approximate surface area is 86.0 Å². The first-order valence-corrected chi connectivity index (χ1v) is 3.53. The highest BCUT2D eigenvalue weighted by atomic mass is 13.5. The van der Waals surface area contributed by atoms with Gasteiger partial charge >= 0.3 is 0 Å². The molecule has 0 saturated carbocycles. The van der Waals surface area contributed by atoms with Crippen LogP contribution in [0.2, 0.25) is 0 Å². The van der Waals surface area contributed by atoms with Gasteiger partial charge in [0, 0.05) is 0 Å². The van der Waals surface area contributed by atoms with Crippen LogP contribution in [0.5, 0.6) is 0 Å². The fourth-order valence-electron chi connectivity index (χ4n) is 0.889. The zero-order valence-corrected chi connectivity index (χ0v) is 6.85. The van der Waals surface area contributed by atoms with E-state index >= 15 is 0 Å². The lowest BCUT2D eigenvalue weighted by Crippen LogP contribution is -2.56. The number of rotatable bonds is 4. The smallest absolute Gasteiger partial charge is 0.00228 e. The SMILES string of the molecule is [B]B([B])B([B])[C-](B([B])[B])B([B])[B]. The summed E-state index contributed by atoms with van der Waals surface area (Å²) in [5.74, 6) is 0. The maximum absolute atomic E-state index is 5.56. The van der Waals surface area contributed by atoms with Crippen LogP contribution in [0.15, 0.2) is 0 Å². The summed E-state index contributed by atoms with van der Waals surface area (Å²) in [5, 5.41) is 0. The molecule has 12 heavy (non-hydrogen) atoms. The summed E-state index contributed by atoms with van der Waals surface area (Å²) in [6.07, 6.45) is -0.760. The van der Waals surface area contributed by atoms with Crippen LogP contribution < -0.4 is 0 Å². The van der Waals surface area contributed by atoms with Gasteiger partial charge in [0.25, 0.3) is 0 Å². The Kier molecular flexibility index (Phi) is 5.77. The topological polar surface area (TPSA) is 0 Å². The second kappa shape index (κ2) is 5.45. The summed E-state index contributed by atoms with van der Waals surface area (Å²) in [6.45, 7) is -2.27. The van der Waals surface area contributed by atoms with Crippen molar-refractivity contribution >= 4 is 80.0 Å². The molecular weight excluding hydrogens is 131 g/mol. The van der Waals surface area contributed by atoms with Crippen molar-refractivity contribution < 1.29 is 0 Å². The zero-order valence-electron chi connectivity index (χ0n) is 6.85. The molecule has 0 heterocycles. The molecule has 0 aliphatic rings. The molecular formula is CB11-. The van der Waals surface area contributed by atoms with E-state index in [4.69, 9.17) is 54.2 Å². The highest BCUT2D eigenvalue weighted by Gasteiger charge is 2.13. The van der Waals surface area contributed by atoms with E-state index in [1.165, 1.54) is 0 Å². The average Bonchev–Trinajstić information content (AvgIpc) is 1.85. The highest BCUT2D eigenvalue weighted by molar-refractivity contribution is 7.73. The minimum absolute atomic E-state index is 0.366. The molecule has 0 fully saturated rings. The standard InChI is InChI=1S/CB11/c2-9(3)1(10(4)5)11(6)12(7)8/q-1. The summed E-state index contributed by atoms with van der Waals surface area (Å²) in [5.41, 5.74) is 0.366. The van der Waals surface area contributed by atoms with E-state index in [1.807, 2.05) is 0 Å². The van der Waals surface area contributed by atoms with Gasteiger partial charge in [-0.05, 0) is 60.5 Å². The van der Waals surface area contributed by atoms with Gasteiger partial charge in [0.15, 0.2) is 0 Å². The first-order chi connectivity index (χ1) is 5.37. The molecule has 0 atom stereocenters. The van der Waals surface area contributed by atoms with Gasteiger partial charge in [-0.2, -0.15) is 0 Å². The molecule has 0 N–H and O–H groups in total. The summed E-state index contributed by atoms with van der Waals surface area (Å²) in [7, 11) is 37.7. The summed E-state index contributed by atoms with van der Waals surface area (Å²) < 4.78 is 0. The Hall–Kier alpha value is 0.714. The van der Waals surface area contributed by atoms with Crippen molar-refractivity contribution in [3.05, 3.63) is 5.62 Å². The number of hydrogen-bond donors (Lipinski definition) is 0. The van der Waals surface area contributed by atoms with Crippen molar-refractivity contribution in [2.45, 2.75) is 0 Å². The van der Waals surface area contributed by atoms with Crippen LogP contribution in [-0.4, -0.2) is 80.0 Å². The molecule has 0 aromatic rings. The van der Waals surface area contributed by atoms with Gasteiger partial charge in [-0.1, -0.05) is 0 Å². The lowest BCUT2D eigenvalue weighted by atomic mass is 8.74. The Morgan fingerprint density at radius 3 is 1.08 bits per heavy atom. The van der Waals surface area contributed by atoms with Gasteiger partial charge in [-0.25, -0.2) is 0 Å². The first kappa shape index (κ1) is 12.7. The van der Waals surface area contributed by atoms with E-state index in [-0.39, 0.29) is 0 Å². The van der Waals surface area contributed by atoms with Crippen molar-refractivity contribution in [1.29, 1.82) is 0 Å². The molecule has 14 radical (unpaired) electrons. The molecule has 0 bridgehead atoms. The van der Waals surface area contributed by atoms with E-state index in [0.717, 1.165) is 0 Å². The van der Waals surface area contributed by atoms with Crippen LogP contribution in [0.1, 0.15) is 0 Å². The van der Waals surface area contributed by atoms with Crippen LogP contribution in [-0.2, 0) is 0 Å². The van der Waals surface area contributed by atoms with Crippen molar-refractivity contribution in [3.63, 3.8) is 0 Å². The largest absolute Gasteiger partial charge is 0.421 e. The van der Waals surface area contributed by atoms with E-state index in [2.05, 4.69) is 0 Å². The fraction of sp³-hybridized carbons (Fsp3) is 0. The van der Waals surface area contributed by atoms with Crippen molar-refractivity contribution in [2.24, 2.45) is 0 Å². The Balaban J connectivity index is 4.30. The van der Waals surface area contributed by atoms with Gasteiger partial charge in [-0.3, -0.25) is 0 Å². The minimum atomic E-state index is -0.797. The van der Waals surface area contributed by atoms with E-state index in [9.17, 15) is 0 Å². The fourth-order valence-corrected chi connectivity index (χ4v) is 0.889. The quantitative estimate of drug-likeness (QED) is 0.268. The summed E-state index contributed by atoms with van der Waals surface area (Å²) in [4.78, 5) is 0. The van der Waals surface area contributed by atoms with Gasteiger partial charge in [0.1, 0.15) is 0 Å². The second-order valence-corrected chi connectivity index (χ2v) is 2.65. The predicted octanol–water partition coefficient (Wildman–Crippen LogP) is -4.11. The second-order valence-electron chi connectivity index (χ2n) is 2.65. The van der Waals surface area contributed by atoms with Crippen molar-refractivity contribution in [1.82, 2.24) is 0 Å². The first-order valence-electron chi connectivity index (χ1n) is 3.53. The molecule has 0 amide bonds. The normalized spacial score (nSPS) is 9.42. The third-order valence-electron chi connectivity index (χ3n) is 1.57. The average molecular weight is 131 g/mol. The molecule has 0 aliphatic heterocycles. The van der Waals surface area contributed by atoms with Gasteiger partial charge in [-0.15, -0.1) is 19.5 Å². The third kappa shape index (κ3) is 3.62. The van der Waals surface area contributed by atoms with Gasteiger partial charge in [0.2, 0.25) is 0 Å². The maximum Gasteiger partial charge on any atom is -0.00228 e. The maximum atomic E-state index is 5.56.